The Labute approximate surface area is 156 Å². The predicted octanol–water partition coefficient (Wildman–Crippen LogP) is 3.48. The summed E-state index contributed by atoms with van der Waals surface area (Å²) in [7, 11) is 0. The van der Waals surface area contributed by atoms with Crippen LogP contribution in [0.15, 0.2) is 50.9 Å². The van der Waals surface area contributed by atoms with Gasteiger partial charge in [-0.25, -0.2) is 14.5 Å². The molecule has 27 heavy (non-hydrogen) atoms. The smallest absolute Gasteiger partial charge is 0.348 e. The molecule has 3 heterocycles. The minimum absolute atomic E-state index is 0.0821. The van der Waals surface area contributed by atoms with E-state index >= 15 is 0 Å². The fourth-order valence-electron chi connectivity index (χ4n) is 3.36. The molecule has 1 aliphatic heterocycles. The van der Waals surface area contributed by atoms with Gasteiger partial charge in [0.1, 0.15) is 23.4 Å². The van der Waals surface area contributed by atoms with E-state index in [-0.39, 0.29) is 17.4 Å². The summed E-state index contributed by atoms with van der Waals surface area (Å²) in [5.41, 5.74) is 2.21. The Kier molecular flexibility index (Phi) is 4.14. The molecule has 0 aliphatic carbocycles. The first-order valence-corrected chi connectivity index (χ1v) is 8.85. The van der Waals surface area contributed by atoms with Crippen LogP contribution >= 0.6 is 0 Å². The van der Waals surface area contributed by atoms with E-state index in [0.29, 0.717) is 29.8 Å². The van der Waals surface area contributed by atoms with E-state index < -0.39 is 5.63 Å². The van der Waals surface area contributed by atoms with E-state index in [2.05, 4.69) is 53.2 Å². The summed E-state index contributed by atoms with van der Waals surface area (Å²) >= 11 is 0. The molecule has 3 aromatic rings. The first-order valence-electron chi connectivity index (χ1n) is 8.85. The van der Waals surface area contributed by atoms with E-state index in [1.807, 2.05) is 0 Å². The lowest BCUT2D eigenvalue weighted by atomic mass is 9.94. The lowest BCUT2D eigenvalue weighted by Gasteiger charge is -2.24. The molecule has 0 bridgehead atoms. The van der Waals surface area contributed by atoms with E-state index in [1.165, 1.54) is 18.0 Å². The highest BCUT2D eigenvalue weighted by atomic mass is 16.4. The highest BCUT2D eigenvalue weighted by Gasteiger charge is 2.29. The van der Waals surface area contributed by atoms with Crippen LogP contribution < -0.4 is 5.63 Å². The maximum atomic E-state index is 12.3. The molecule has 1 aromatic carbocycles. The average molecular weight is 364 g/mol. The monoisotopic (exact) mass is 364 g/mol. The number of hydrogen-bond acceptors (Lipinski definition) is 6. The number of aromatic nitrogens is 3. The molecule has 1 aliphatic rings. The van der Waals surface area contributed by atoms with Crippen LogP contribution in [0.5, 0.6) is 5.75 Å². The third-order valence-corrected chi connectivity index (χ3v) is 4.80. The van der Waals surface area contributed by atoms with Crippen LogP contribution in [0.25, 0.3) is 0 Å². The Morgan fingerprint density at radius 2 is 2.00 bits per heavy atom. The standard InChI is InChI=1S/C20H20N4O3/c1-11(2)13-4-6-14(7-5-13)16-9-15(23-20-21-10-22-24(16)20)18-17(25)8-12(3)27-19(18)26/h4-8,10-11,16,25H,9H2,1-3H3/t16-/m0/s1. The molecule has 0 saturated carbocycles. The summed E-state index contributed by atoms with van der Waals surface area (Å²) in [4.78, 5) is 20.9. The number of benzene rings is 1. The molecule has 0 amide bonds. The maximum absolute atomic E-state index is 12.3. The average Bonchev–Trinajstić information content (AvgIpc) is 3.09. The van der Waals surface area contributed by atoms with Gasteiger partial charge >= 0.3 is 5.63 Å². The molecule has 1 atom stereocenters. The van der Waals surface area contributed by atoms with Crippen LogP contribution in [-0.4, -0.2) is 25.6 Å². The number of nitrogens with zero attached hydrogens (tertiary/aromatic N) is 4. The van der Waals surface area contributed by atoms with Crippen LogP contribution in [0.1, 0.15) is 54.7 Å². The number of fused-ring (bicyclic) bond motifs is 1. The van der Waals surface area contributed by atoms with Gasteiger partial charge in [-0.2, -0.15) is 10.1 Å². The summed E-state index contributed by atoms with van der Waals surface area (Å²) in [5, 5.41) is 14.6. The second kappa shape index (κ2) is 6.50. The number of aryl methyl sites for hydroxylation is 1. The molecule has 0 unspecified atom stereocenters. The van der Waals surface area contributed by atoms with Crippen LogP contribution in [0.2, 0.25) is 0 Å². The van der Waals surface area contributed by atoms with Gasteiger partial charge in [-0.15, -0.1) is 0 Å². The Balaban J connectivity index is 1.79. The number of rotatable bonds is 3. The van der Waals surface area contributed by atoms with Gasteiger partial charge in [-0.1, -0.05) is 38.1 Å². The van der Waals surface area contributed by atoms with E-state index in [4.69, 9.17) is 4.42 Å². The largest absolute Gasteiger partial charge is 0.507 e. The van der Waals surface area contributed by atoms with Crippen molar-refractivity contribution in [1.82, 2.24) is 14.8 Å². The first-order chi connectivity index (χ1) is 12.9. The fourth-order valence-corrected chi connectivity index (χ4v) is 3.36. The van der Waals surface area contributed by atoms with E-state index in [0.717, 1.165) is 5.56 Å². The fraction of sp³-hybridized carbons (Fsp3) is 0.300. The highest BCUT2D eigenvalue weighted by Crippen LogP contribution is 2.33. The van der Waals surface area contributed by atoms with Gasteiger partial charge in [0.2, 0.25) is 5.95 Å². The molecular formula is C20H20N4O3. The van der Waals surface area contributed by atoms with Gasteiger partial charge < -0.3 is 9.52 Å². The molecule has 2 aromatic heterocycles. The van der Waals surface area contributed by atoms with Crippen molar-refractivity contribution in [2.75, 3.05) is 0 Å². The van der Waals surface area contributed by atoms with Crippen LogP contribution in [-0.2, 0) is 0 Å². The minimum atomic E-state index is -0.604. The molecule has 1 N–H and O–H groups in total. The lowest BCUT2D eigenvalue weighted by molar-refractivity contribution is 0.431. The second-order valence-corrected chi connectivity index (χ2v) is 7.01. The quantitative estimate of drug-likeness (QED) is 0.768. The van der Waals surface area contributed by atoms with Crippen molar-refractivity contribution >= 4 is 11.7 Å². The summed E-state index contributed by atoms with van der Waals surface area (Å²) in [6.45, 7) is 5.91. The maximum Gasteiger partial charge on any atom is 0.348 e. The zero-order chi connectivity index (χ0) is 19.1. The Hall–Kier alpha value is -3.22. The summed E-state index contributed by atoms with van der Waals surface area (Å²) in [5.74, 6) is 1.05. The van der Waals surface area contributed by atoms with Gasteiger partial charge in [0.25, 0.3) is 0 Å². The third-order valence-electron chi connectivity index (χ3n) is 4.80. The third kappa shape index (κ3) is 3.05. The van der Waals surface area contributed by atoms with Gasteiger partial charge in [-0.3, -0.25) is 0 Å². The Morgan fingerprint density at radius 1 is 1.26 bits per heavy atom. The van der Waals surface area contributed by atoms with Crippen LogP contribution in [0.4, 0.5) is 5.95 Å². The minimum Gasteiger partial charge on any atom is -0.507 e. The van der Waals surface area contributed by atoms with Gasteiger partial charge in [0.05, 0.1) is 11.8 Å². The van der Waals surface area contributed by atoms with Crippen molar-refractivity contribution in [2.45, 2.75) is 39.2 Å². The summed E-state index contributed by atoms with van der Waals surface area (Å²) in [6.07, 6.45) is 1.84. The summed E-state index contributed by atoms with van der Waals surface area (Å²) < 4.78 is 6.89. The number of aromatic hydroxyl groups is 1. The molecule has 0 saturated heterocycles. The van der Waals surface area contributed by atoms with E-state index in [1.54, 1.807) is 11.6 Å². The predicted molar refractivity (Wildman–Crippen MR) is 101 cm³/mol. The normalized spacial score (nSPS) is 16.3. The van der Waals surface area contributed by atoms with Crippen molar-refractivity contribution in [2.24, 2.45) is 4.99 Å². The molecule has 4 rings (SSSR count). The van der Waals surface area contributed by atoms with Gasteiger partial charge in [-0.05, 0) is 24.0 Å². The first kappa shape index (κ1) is 17.2. The van der Waals surface area contributed by atoms with Crippen molar-refractivity contribution in [3.63, 3.8) is 0 Å². The molecule has 7 nitrogen and oxygen atoms in total. The van der Waals surface area contributed by atoms with Crippen molar-refractivity contribution in [3.05, 3.63) is 69.5 Å². The zero-order valence-corrected chi connectivity index (χ0v) is 15.4. The van der Waals surface area contributed by atoms with Gasteiger partial charge in [0.15, 0.2) is 0 Å². The van der Waals surface area contributed by atoms with Gasteiger partial charge in [0, 0.05) is 12.5 Å². The molecule has 7 heteroatoms. The van der Waals surface area contributed by atoms with Crippen molar-refractivity contribution < 1.29 is 9.52 Å². The molecule has 0 fully saturated rings. The lowest BCUT2D eigenvalue weighted by Crippen LogP contribution is -2.25. The Morgan fingerprint density at radius 3 is 2.67 bits per heavy atom. The number of hydrogen-bond donors (Lipinski definition) is 1. The zero-order valence-electron chi connectivity index (χ0n) is 15.4. The van der Waals surface area contributed by atoms with E-state index in [9.17, 15) is 9.90 Å². The summed E-state index contributed by atoms with van der Waals surface area (Å²) in [6, 6.07) is 9.57. The molecular weight excluding hydrogens is 344 g/mol. The second-order valence-electron chi connectivity index (χ2n) is 7.01. The topological polar surface area (TPSA) is 93.5 Å². The SMILES string of the molecule is Cc1cc(O)c(C2=Nc3ncnn3[C@H](c3ccc(C(C)C)cc3)C2)c(=O)o1. The molecule has 138 valence electrons. The molecule has 0 spiro atoms. The number of aliphatic imine (C=N–C) groups is 1. The highest BCUT2D eigenvalue weighted by molar-refractivity contribution is 6.04. The Bertz CT molecular complexity index is 1080. The van der Waals surface area contributed by atoms with Crippen molar-refractivity contribution in [1.29, 1.82) is 0 Å². The van der Waals surface area contributed by atoms with Crippen LogP contribution in [0, 0.1) is 6.92 Å². The van der Waals surface area contributed by atoms with Crippen LogP contribution in [0.3, 0.4) is 0 Å². The molecule has 0 radical (unpaired) electrons. The van der Waals surface area contributed by atoms with Crippen molar-refractivity contribution in [3.8, 4) is 5.75 Å².